The number of ether oxygens (including phenoxy) is 1. The molecule has 0 bridgehead atoms. The standard InChI is InChI=1S/C27H13Cl2F3O4/c28-20-11-8-15(12-21(20)29)26(34)35-16-9-10-19-22(13-16)36-25(27(30,31)32)23(24(19)33)18-7-3-5-14-4-1-2-6-17(14)18/h1-13H. The third-order valence-corrected chi connectivity index (χ3v) is 6.29. The Hall–Kier alpha value is -3.81. The van der Waals surface area contributed by atoms with Gasteiger partial charge in [-0.05, 0) is 46.7 Å². The lowest BCUT2D eigenvalue weighted by Gasteiger charge is -2.14. The summed E-state index contributed by atoms with van der Waals surface area (Å²) in [6, 6.07) is 19.3. The summed E-state index contributed by atoms with van der Waals surface area (Å²) in [5.41, 5.74) is -1.65. The normalized spacial score (nSPS) is 11.7. The zero-order valence-electron chi connectivity index (χ0n) is 18.0. The largest absolute Gasteiger partial charge is 0.450 e. The number of alkyl halides is 3. The number of benzene rings is 4. The van der Waals surface area contributed by atoms with Crippen molar-refractivity contribution in [2.75, 3.05) is 0 Å². The van der Waals surface area contributed by atoms with Gasteiger partial charge in [0, 0.05) is 6.07 Å². The van der Waals surface area contributed by atoms with Crippen LogP contribution in [0.2, 0.25) is 10.0 Å². The Morgan fingerprint density at radius 3 is 2.33 bits per heavy atom. The average molecular weight is 529 g/mol. The molecule has 1 heterocycles. The maximum absolute atomic E-state index is 14.1. The summed E-state index contributed by atoms with van der Waals surface area (Å²) in [7, 11) is 0. The van der Waals surface area contributed by atoms with E-state index in [9.17, 15) is 22.8 Å². The molecule has 5 aromatic rings. The van der Waals surface area contributed by atoms with E-state index in [0.717, 1.165) is 6.07 Å². The lowest BCUT2D eigenvalue weighted by molar-refractivity contribution is -0.152. The number of carbonyl (C=O) groups is 1. The van der Waals surface area contributed by atoms with Gasteiger partial charge in [0.25, 0.3) is 0 Å². The van der Waals surface area contributed by atoms with Gasteiger partial charge in [-0.1, -0.05) is 65.7 Å². The van der Waals surface area contributed by atoms with E-state index in [-0.39, 0.29) is 37.9 Å². The van der Waals surface area contributed by atoms with Gasteiger partial charge in [0.15, 0.2) is 0 Å². The van der Waals surface area contributed by atoms with Crippen molar-refractivity contribution >= 4 is 50.9 Å². The van der Waals surface area contributed by atoms with Crippen molar-refractivity contribution in [2.45, 2.75) is 6.18 Å². The van der Waals surface area contributed by atoms with Gasteiger partial charge in [0.1, 0.15) is 11.3 Å². The molecule has 0 aliphatic rings. The highest BCUT2D eigenvalue weighted by molar-refractivity contribution is 6.42. The molecule has 0 saturated carbocycles. The third kappa shape index (κ3) is 4.32. The van der Waals surface area contributed by atoms with Crippen LogP contribution in [0, 0.1) is 0 Å². The second-order valence-corrected chi connectivity index (χ2v) is 8.65. The number of carbonyl (C=O) groups excluding carboxylic acids is 1. The van der Waals surface area contributed by atoms with Crippen LogP contribution in [0.1, 0.15) is 16.1 Å². The van der Waals surface area contributed by atoms with Crippen molar-refractivity contribution in [1.29, 1.82) is 0 Å². The average Bonchev–Trinajstić information content (AvgIpc) is 2.84. The third-order valence-electron chi connectivity index (χ3n) is 5.55. The Kier molecular flexibility index (Phi) is 5.98. The van der Waals surface area contributed by atoms with Crippen LogP contribution in [0.15, 0.2) is 88.1 Å². The van der Waals surface area contributed by atoms with Crippen LogP contribution >= 0.6 is 23.2 Å². The van der Waals surface area contributed by atoms with Crippen molar-refractivity contribution < 1.29 is 27.1 Å². The first kappa shape index (κ1) is 23.9. The molecule has 0 aliphatic carbocycles. The molecule has 0 atom stereocenters. The molecule has 0 aliphatic heterocycles. The molecule has 5 rings (SSSR count). The highest BCUT2D eigenvalue weighted by Crippen LogP contribution is 2.40. The first-order chi connectivity index (χ1) is 17.1. The molecule has 4 nitrogen and oxygen atoms in total. The molecule has 0 N–H and O–H groups in total. The van der Waals surface area contributed by atoms with E-state index in [1.807, 2.05) is 0 Å². The van der Waals surface area contributed by atoms with Crippen molar-refractivity contribution in [1.82, 2.24) is 0 Å². The highest BCUT2D eigenvalue weighted by atomic mass is 35.5. The summed E-state index contributed by atoms with van der Waals surface area (Å²) in [6.45, 7) is 0. The van der Waals surface area contributed by atoms with E-state index in [4.69, 9.17) is 32.4 Å². The van der Waals surface area contributed by atoms with E-state index < -0.39 is 28.9 Å². The Bertz CT molecular complexity index is 1720. The Balaban J connectivity index is 1.65. The lowest BCUT2D eigenvalue weighted by atomic mass is 9.96. The fourth-order valence-electron chi connectivity index (χ4n) is 3.91. The summed E-state index contributed by atoms with van der Waals surface area (Å²) < 4.78 is 52.8. The molecule has 180 valence electrons. The summed E-state index contributed by atoms with van der Waals surface area (Å²) in [4.78, 5) is 25.8. The number of fused-ring (bicyclic) bond motifs is 2. The molecule has 0 amide bonds. The highest BCUT2D eigenvalue weighted by Gasteiger charge is 2.39. The number of hydrogen-bond acceptors (Lipinski definition) is 4. The summed E-state index contributed by atoms with van der Waals surface area (Å²) >= 11 is 11.8. The molecular formula is C27H13Cl2F3O4. The van der Waals surface area contributed by atoms with Gasteiger partial charge in [0.2, 0.25) is 11.2 Å². The second kappa shape index (κ2) is 9.00. The van der Waals surface area contributed by atoms with Crippen LogP contribution in [0.4, 0.5) is 13.2 Å². The molecule has 1 aromatic heterocycles. The van der Waals surface area contributed by atoms with Gasteiger partial charge in [-0.3, -0.25) is 4.79 Å². The van der Waals surface area contributed by atoms with E-state index in [1.54, 1.807) is 36.4 Å². The molecule has 0 radical (unpaired) electrons. The summed E-state index contributed by atoms with van der Waals surface area (Å²) in [5.74, 6) is -2.38. The zero-order valence-corrected chi connectivity index (χ0v) is 19.5. The molecule has 4 aromatic carbocycles. The Morgan fingerprint density at radius 2 is 1.58 bits per heavy atom. The van der Waals surface area contributed by atoms with Gasteiger partial charge in [0.05, 0.1) is 26.6 Å². The molecule has 0 saturated heterocycles. The molecule has 0 fully saturated rings. The van der Waals surface area contributed by atoms with Crippen LogP contribution in [0.5, 0.6) is 5.75 Å². The molecule has 36 heavy (non-hydrogen) atoms. The van der Waals surface area contributed by atoms with Crippen molar-refractivity contribution in [2.24, 2.45) is 0 Å². The lowest BCUT2D eigenvalue weighted by Crippen LogP contribution is -2.16. The monoisotopic (exact) mass is 528 g/mol. The quantitative estimate of drug-likeness (QED) is 0.175. The maximum atomic E-state index is 14.1. The van der Waals surface area contributed by atoms with Gasteiger partial charge in [-0.25, -0.2) is 4.79 Å². The Labute approximate surface area is 211 Å². The van der Waals surface area contributed by atoms with Crippen molar-refractivity contribution in [3.63, 3.8) is 0 Å². The number of hydrogen-bond donors (Lipinski definition) is 0. The fourth-order valence-corrected chi connectivity index (χ4v) is 4.21. The minimum Gasteiger partial charge on any atom is -0.450 e. The van der Waals surface area contributed by atoms with Crippen LogP contribution in [-0.4, -0.2) is 5.97 Å². The van der Waals surface area contributed by atoms with Gasteiger partial charge >= 0.3 is 12.1 Å². The maximum Gasteiger partial charge on any atom is 0.450 e. The van der Waals surface area contributed by atoms with E-state index in [2.05, 4.69) is 0 Å². The van der Waals surface area contributed by atoms with E-state index in [0.29, 0.717) is 10.8 Å². The molecule has 0 spiro atoms. The number of esters is 1. The smallest absolute Gasteiger partial charge is 0.450 e. The predicted molar refractivity (Wildman–Crippen MR) is 132 cm³/mol. The molecule has 0 unspecified atom stereocenters. The van der Waals surface area contributed by atoms with Gasteiger partial charge < -0.3 is 9.15 Å². The first-order valence-corrected chi connectivity index (χ1v) is 11.2. The van der Waals surface area contributed by atoms with Gasteiger partial charge in [-0.15, -0.1) is 0 Å². The summed E-state index contributed by atoms with van der Waals surface area (Å²) in [6.07, 6.45) is -4.97. The van der Waals surface area contributed by atoms with Crippen molar-refractivity contribution in [3.05, 3.63) is 110 Å². The minimum absolute atomic E-state index is 0.0771. The van der Waals surface area contributed by atoms with Crippen LogP contribution in [0.3, 0.4) is 0 Å². The fraction of sp³-hybridized carbons (Fsp3) is 0.0370. The zero-order chi connectivity index (χ0) is 25.6. The summed E-state index contributed by atoms with van der Waals surface area (Å²) in [5, 5.41) is 1.42. The van der Waals surface area contributed by atoms with Crippen molar-refractivity contribution in [3.8, 4) is 16.9 Å². The first-order valence-electron chi connectivity index (χ1n) is 10.5. The number of rotatable bonds is 3. The molecular weight excluding hydrogens is 516 g/mol. The Morgan fingerprint density at radius 1 is 0.833 bits per heavy atom. The molecule has 9 heteroatoms. The SMILES string of the molecule is O=C(Oc1ccc2c(=O)c(-c3cccc4ccccc34)c(C(F)(F)F)oc2c1)c1ccc(Cl)c(Cl)c1. The van der Waals surface area contributed by atoms with Crippen LogP contribution < -0.4 is 10.2 Å². The number of halogens is 5. The topological polar surface area (TPSA) is 56.5 Å². The van der Waals surface area contributed by atoms with Crippen LogP contribution in [0.25, 0.3) is 32.9 Å². The van der Waals surface area contributed by atoms with Gasteiger partial charge in [-0.2, -0.15) is 13.2 Å². The second-order valence-electron chi connectivity index (χ2n) is 7.84. The van der Waals surface area contributed by atoms with E-state index >= 15 is 0 Å². The van der Waals surface area contributed by atoms with E-state index in [1.165, 1.54) is 36.4 Å². The minimum atomic E-state index is -4.97. The predicted octanol–water partition coefficient (Wildman–Crippen LogP) is 8.16. The van der Waals surface area contributed by atoms with Crippen LogP contribution in [-0.2, 0) is 6.18 Å².